The Morgan fingerprint density at radius 3 is 2.60 bits per heavy atom. The summed E-state index contributed by atoms with van der Waals surface area (Å²) >= 11 is 0. The molecule has 4 rings (SSSR count). The van der Waals surface area contributed by atoms with Crippen LogP contribution >= 0.6 is 0 Å². The van der Waals surface area contributed by atoms with Crippen LogP contribution in [0, 0.1) is 0 Å². The number of benzene rings is 2. The number of aromatic amines is 1. The zero-order valence-corrected chi connectivity index (χ0v) is 18.5. The SMILES string of the molecule is COc1cc2c(cc1OC)[C@@H](Cc1c[nH]c3ccccc13)N(CCS(C)(=O)=O)CC2. The molecular weight excluding hydrogens is 400 g/mol. The highest BCUT2D eigenvalue weighted by atomic mass is 32.2. The molecule has 2 heterocycles. The van der Waals surface area contributed by atoms with E-state index >= 15 is 0 Å². The van der Waals surface area contributed by atoms with Crippen molar-refractivity contribution in [2.24, 2.45) is 0 Å². The van der Waals surface area contributed by atoms with Gasteiger partial charge in [0.2, 0.25) is 0 Å². The molecule has 7 heteroatoms. The summed E-state index contributed by atoms with van der Waals surface area (Å²) < 4.78 is 34.7. The van der Waals surface area contributed by atoms with Crippen molar-refractivity contribution < 1.29 is 17.9 Å². The molecule has 0 fully saturated rings. The van der Waals surface area contributed by atoms with E-state index in [1.807, 2.05) is 12.1 Å². The van der Waals surface area contributed by atoms with Gasteiger partial charge in [-0.05, 0) is 47.7 Å². The quantitative estimate of drug-likeness (QED) is 0.625. The first-order valence-corrected chi connectivity index (χ1v) is 12.2. The fourth-order valence-electron chi connectivity index (χ4n) is 4.38. The third-order valence-electron chi connectivity index (χ3n) is 5.95. The van der Waals surface area contributed by atoms with E-state index < -0.39 is 9.84 Å². The minimum atomic E-state index is -3.04. The van der Waals surface area contributed by atoms with E-state index in [4.69, 9.17) is 9.47 Å². The highest BCUT2D eigenvalue weighted by molar-refractivity contribution is 7.90. The van der Waals surface area contributed by atoms with Crippen molar-refractivity contribution in [1.29, 1.82) is 0 Å². The molecule has 0 saturated heterocycles. The van der Waals surface area contributed by atoms with Gasteiger partial charge in [0.1, 0.15) is 9.84 Å². The van der Waals surface area contributed by atoms with Gasteiger partial charge >= 0.3 is 0 Å². The number of H-pyrrole nitrogens is 1. The van der Waals surface area contributed by atoms with Gasteiger partial charge in [-0.25, -0.2) is 8.42 Å². The van der Waals surface area contributed by atoms with Gasteiger partial charge in [0.05, 0.1) is 20.0 Å². The second-order valence-electron chi connectivity index (χ2n) is 7.90. The molecule has 1 N–H and O–H groups in total. The molecule has 0 spiro atoms. The number of ether oxygens (including phenoxy) is 2. The predicted molar refractivity (Wildman–Crippen MR) is 119 cm³/mol. The number of hydrogen-bond acceptors (Lipinski definition) is 5. The van der Waals surface area contributed by atoms with Crippen LogP contribution in [0.2, 0.25) is 0 Å². The Hall–Kier alpha value is -2.51. The van der Waals surface area contributed by atoms with Crippen molar-refractivity contribution in [1.82, 2.24) is 9.88 Å². The Morgan fingerprint density at radius 2 is 1.87 bits per heavy atom. The van der Waals surface area contributed by atoms with Gasteiger partial charge in [-0.2, -0.15) is 0 Å². The van der Waals surface area contributed by atoms with Crippen molar-refractivity contribution in [3.63, 3.8) is 0 Å². The standard InChI is InChI=1S/C23H28N2O4S/c1-28-22-13-16-8-9-25(10-11-30(3,26)27)21(19(16)14-23(22)29-2)12-17-15-24-20-7-5-4-6-18(17)20/h4-7,13-15,21,24H,8-12H2,1-3H3/t21-/m1/s1. The average molecular weight is 429 g/mol. The lowest BCUT2D eigenvalue weighted by atomic mass is 9.88. The summed E-state index contributed by atoms with van der Waals surface area (Å²) in [5.41, 5.74) is 4.74. The summed E-state index contributed by atoms with van der Waals surface area (Å²) in [6.07, 6.45) is 5.00. The summed E-state index contributed by atoms with van der Waals surface area (Å²) in [5, 5.41) is 1.20. The lowest BCUT2D eigenvalue weighted by Gasteiger charge is -2.38. The molecule has 1 atom stereocenters. The van der Waals surface area contributed by atoms with E-state index in [-0.39, 0.29) is 11.8 Å². The first-order valence-electron chi connectivity index (χ1n) is 10.1. The van der Waals surface area contributed by atoms with Crippen LogP contribution < -0.4 is 9.47 Å². The number of para-hydroxylation sites is 1. The molecule has 0 unspecified atom stereocenters. The minimum Gasteiger partial charge on any atom is -0.493 e. The van der Waals surface area contributed by atoms with Crippen molar-refractivity contribution in [2.75, 3.05) is 39.3 Å². The fraction of sp³-hybridized carbons (Fsp3) is 0.391. The zero-order valence-electron chi connectivity index (χ0n) is 17.6. The fourth-order valence-corrected chi connectivity index (χ4v) is 4.94. The number of nitrogens with one attached hydrogen (secondary N) is 1. The molecule has 0 amide bonds. The van der Waals surface area contributed by atoms with Crippen LogP contribution in [0.3, 0.4) is 0 Å². The third-order valence-corrected chi connectivity index (χ3v) is 6.88. The van der Waals surface area contributed by atoms with Crippen molar-refractivity contribution in [2.45, 2.75) is 18.9 Å². The molecule has 0 aliphatic carbocycles. The monoisotopic (exact) mass is 428 g/mol. The molecule has 1 aromatic heterocycles. The molecule has 0 bridgehead atoms. The van der Waals surface area contributed by atoms with Crippen LogP contribution in [0.25, 0.3) is 10.9 Å². The van der Waals surface area contributed by atoms with E-state index in [0.717, 1.165) is 30.7 Å². The number of fused-ring (bicyclic) bond motifs is 2. The minimum absolute atomic E-state index is 0.0644. The Labute approximate surface area is 177 Å². The highest BCUT2D eigenvalue weighted by Gasteiger charge is 2.30. The second-order valence-corrected chi connectivity index (χ2v) is 10.2. The topological polar surface area (TPSA) is 71.6 Å². The highest BCUT2D eigenvalue weighted by Crippen LogP contribution is 2.40. The maximum absolute atomic E-state index is 11.8. The molecule has 160 valence electrons. The van der Waals surface area contributed by atoms with Crippen LogP contribution in [0.5, 0.6) is 11.5 Å². The van der Waals surface area contributed by atoms with Crippen molar-refractivity contribution in [3.8, 4) is 11.5 Å². The molecular formula is C23H28N2O4S. The van der Waals surface area contributed by atoms with Crippen LogP contribution in [-0.4, -0.2) is 57.6 Å². The molecule has 6 nitrogen and oxygen atoms in total. The molecule has 2 aromatic carbocycles. The van der Waals surface area contributed by atoms with Crippen LogP contribution in [0.15, 0.2) is 42.6 Å². The molecule has 3 aromatic rings. The maximum atomic E-state index is 11.8. The Kier molecular flexibility index (Phi) is 5.75. The van der Waals surface area contributed by atoms with Crippen LogP contribution in [-0.2, 0) is 22.7 Å². The number of hydrogen-bond donors (Lipinski definition) is 1. The summed E-state index contributed by atoms with van der Waals surface area (Å²) in [5.74, 6) is 1.58. The number of methoxy groups -OCH3 is 2. The Morgan fingerprint density at radius 1 is 1.13 bits per heavy atom. The van der Waals surface area contributed by atoms with Gasteiger partial charge in [-0.15, -0.1) is 0 Å². The van der Waals surface area contributed by atoms with Gasteiger partial charge in [-0.3, -0.25) is 4.90 Å². The maximum Gasteiger partial charge on any atom is 0.161 e. The normalized spacial score (nSPS) is 17.1. The summed E-state index contributed by atoms with van der Waals surface area (Å²) in [6.45, 7) is 1.32. The van der Waals surface area contributed by atoms with E-state index in [1.54, 1.807) is 14.2 Å². The van der Waals surface area contributed by atoms with Gasteiger partial charge in [-0.1, -0.05) is 18.2 Å². The van der Waals surface area contributed by atoms with E-state index in [1.165, 1.54) is 28.3 Å². The molecule has 0 saturated carbocycles. The van der Waals surface area contributed by atoms with Crippen LogP contribution in [0.1, 0.15) is 22.7 Å². The van der Waals surface area contributed by atoms with Gasteiger partial charge in [0.15, 0.2) is 11.5 Å². The van der Waals surface area contributed by atoms with Crippen LogP contribution in [0.4, 0.5) is 0 Å². The lowest BCUT2D eigenvalue weighted by Crippen LogP contribution is -2.39. The second kappa shape index (κ2) is 8.32. The van der Waals surface area contributed by atoms with Crippen molar-refractivity contribution >= 4 is 20.7 Å². The summed E-state index contributed by atoms with van der Waals surface area (Å²) in [4.78, 5) is 5.64. The van der Waals surface area contributed by atoms with E-state index in [9.17, 15) is 8.42 Å². The van der Waals surface area contributed by atoms with Gasteiger partial charge < -0.3 is 14.5 Å². The number of sulfone groups is 1. The largest absolute Gasteiger partial charge is 0.493 e. The zero-order chi connectivity index (χ0) is 21.3. The smallest absolute Gasteiger partial charge is 0.161 e. The lowest BCUT2D eigenvalue weighted by molar-refractivity contribution is 0.194. The number of aromatic nitrogens is 1. The molecule has 30 heavy (non-hydrogen) atoms. The molecule has 0 radical (unpaired) electrons. The first-order chi connectivity index (χ1) is 14.4. The number of rotatable bonds is 7. The van der Waals surface area contributed by atoms with E-state index in [2.05, 4.69) is 40.3 Å². The third kappa shape index (κ3) is 4.18. The summed E-state index contributed by atoms with van der Waals surface area (Å²) in [7, 11) is 0.253. The van der Waals surface area contributed by atoms with E-state index in [0.29, 0.717) is 12.3 Å². The Balaban J connectivity index is 1.75. The van der Waals surface area contributed by atoms with Crippen molar-refractivity contribution in [3.05, 3.63) is 59.3 Å². The molecule has 1 aliphatic rings. The molecule has 1 aliphatic heterocycles. The predicted octanol–water partition coefficient (Wildman–Crippen LogP) is 3.37. The average Bonchev–Trinajstić information content (AvgIpc) is 3.14. The Bertz CT molecular complexity index is 1150. The summed E-state index contributed by atoms with van der Waals surface area (Å²) in [6, 6.07) is 12.4. The number of nitrogens with zero attached hydrogens (tertiary/aromatic N) is 1. The van der Waals surface area contributed by atoms with Gasteiger partial charge in [0, 0.05) is 42.5 Å². The first kappa shape index (κ1) is 20.8. The van der Waals surface area contributed by atoms with Gasteiger partial charge in [0.25, 0.3) is 0 Å².